The molecule has 0 saturated carbocycles. The van der Waals surface area contributed by atoms with Gasteiger partial charge in [0.1, 0.15) is 11.5 Å². The summed E-state index contributed by atoms with van der Waals surface area (Å²) in [6, 6.07) is 1.20. The fourth-order valence-corrected chi connectivity index (χ4v) is 4.56. The number of aliphatic hydroxyl groups is 1. The molecule has 188 valence electrons. The summed E-state index contributed by atoms with van der Waals surface area (Å²) in [4.78, 5) is 29.0. The van der Waals surface area contributed by atoms with E-state index in [1.165, 1.54) is 15.9 Å². The molecule has 2 N–H and O–H groups in total. The van der Waals surface area contributed by atoms with Crippen LogP contribution in [0.5, 0.6) is 0 Å². The van der Waals surface area contributed by atoms with Gasteiger partial charge in [-0.25, -0.2) is 9.18 Å². The van der Waals surface area contributed by atoms with Crippen LogP contribution in [0.15, 0.2) is 30.9 Å². The summed E-state index contributed by atoms with van der Waals surface area (Å²) in [6.45, 7) is 5.95. The Labute approximate surface area is 198 Å². The highest BCUT2D eigenvalue weighted by Crippen LogP contribution is 2.34. The summed E-state index contributed by atoms with van der Waals surface area (Å²) in [5.41, 5.74) is -0.164. The first-order valence-electron chi connectivity index (χ1n) is 11.0. The van der Waals surface area contributed by atoms with Crippen molar-refractivity contribution in [1.29, 1.82) is 0 Å². The van der Waals surface area contributed by atoms with E-state index in [0.717, 1.165) is 6.07 Å². The maximum absolute atomic E-state index is 13.6. The van der Waals surface area contributed by atoms with Crippen LogP contribution < -0.4 is 5.32 Å². The number of nitrogens with one attached hydrogen (secondary N) is 1. The standard InChI is InChI=1S/C23H25F4N5O3/c1-4-19(33)13-9-30(3)21(34)20-15-11-31(12(2)7-18(15)29-32(20)10-13)22(35)28-14-5-6-17(24)16(8-14)23(25,26)27/h4-6,8,12-13,19,33H,1,7,9-11H2,2-3H3,(H,28,35)/t12-,13?,19-/m1/s1. The van der Waals surface area contributed by atoms with Gasteiger partial charge >= 0.3 is 12.2 Å². The van der Waals surface area contributed by atoms with Gasteiger partial charge in [0.05, 0.1) is 23.9 Å². The Morgan fingerprint density at radius 2 is 2.06 bits per heavy atom. The number of hydrogen-bond donors (Lipinski definition) is 2. The Hall–Kier alpha value is -3.41. The van der Waals surface area contributed by atoms with Crippen molar-refractivity contribution in [2.24, 2.45) is 5.92 Å². The smallest absolute Gasteiger partial charge is 0.389 e. The fourth-order valence-electron chi connectivity index (χ4n) is 4.56. The van der Waals surface area contributed by atoms with Crippen molar-refractivity contribution in [3.8, 4) is 0 Å². The van der Waals surface area contributed by atoms with Gasteiger partial charge in [-0.1, -0.05) is 6.08 Å². The predicted molar refractivity (Wildman–Crippen MR) is 118 cm³/mol. The number of halogens is 4. The van der Waals surface area contributed by atoms with E-state index >= 15 is 0 Å². The summed E-state index contributed by atoms with van der Waals surface area (Å²) in [6.07, 6.45) is -4.01. The first kappa shape index (κ1) is 24.7. The number of aromatic nitrogens is 2. The number of hydrogen-bond acceptors (Lipinski definition) is 4. The molecule has 3 heterocycles. The van der Waals surface area contributed by atoms with Gasteiger partial charge in [0.15, 0.2) is 0 Å². The highest BCUT2D eigenvalue weighted by atomic mass is 19.4. The van der Waals surface area contributed by atoms with Crippen molar-refractivity contribution >= 4 is 17.6 Å². The summed E-state index contributed by atoms with van der Waals surface area (Å²) in [5, 5.41) is 17.3. The van der Waals surface area contributed by atoms with Crippen molar-refractivity contribution < 1.29 is 32.3 Å². The molecule has 12 heteroatoms. The quantitative estimate of drug-likeness (QED) is 0.505. The molecular formula is C23H25F4N5O3. The molecule has 0 aliphatic carbocycles. The van der Waals surface area contributed by atoms with Crippen LogP contribution in [-0.4, -0.2) is 62.4 Å². The van der Waals surface area contributed by atoms with Gasteiger partial charge in [-0.2, -0.15) is 18.3 Å². The zero-order valence-corrected chi connectivity index (χ0v) is 19.1. The van der Waals surface area contributed by atoms with E-state index in [4.69, 9.17) is 0 Å². The van der Waals surface area contributed by atoms with Crippen LogP contribution >= 0.6 is 0 Å². The molecular weight excluding hydrogens is 470 g/mol. The second kappa shape index (κ2) is 8.99. The number of carbonyl (C=O) groups is 2. The molecule has 2 aromatic rings. The maximum Gasteiger partial charge on any atom is 0.419 e. The molecule has 35 heavy (non-hydrogen) atoms. The van der Waals surface area contributed by atoms with Gasteiger partial charge in [-0.05, 0) is 25.1 Å². The summed E-state index contributed by atoms with van der Waals surface area (Å²) < 4.78 is 54.3. The van der Waals surface area contributed by atoms with Gasteiger partial charge in [0, 0.05) is 49.8 Å². The monoisotopic (exact) mass is 495 g/mol. The molecule has 1 aromatic carbocycles. The number of rotatable bonds is 3. The summed E-state index contributed by atoms with van der Waals surface area (Å²) in [7, 11) is 1.61. The van der Waals surface area contributed by atoms with E-state index in [1.807, 2.05) is 0 Å². The Morgan fingerprint density at radius 3 is 2.71 bits per heavy atom. The summed E-state index contributed by atoms with van der Waals surface area (Å²) in [5.74, 6) is -2.06. The number of benzene rings is 1. The van der Waals surface area contributed by atoms with E-state index in [0.29, 0.717) is 35.5 Å². The number of amides is 3. The van der Waals surface area contributed by atoms with Gasteiger partial charge in [0.2, 0.25) is 0 Å². The van der Waals surface area contributed by atoms with Crippen LogP contribution in [0.25, 0.3) is 0 Å². The van der Waals surface area contributed by atoms with Crippen LogP contribution in [0.4, 0.5) is 28.0 Å². The molecule has 2 aliphatic heterocycles. The molecule has 0 spiro atoms. The molecule has 3 atom stereocenters. The van der Waals surface area contributed by atoms with E-state index in [1.54, 1.807) is 18.7 Å². The van der Waals surface area contributed by atoms with E-state index in [9.17, 15) is 32.3 Å². The second-order valence-corrected chi connectivity index (χ2v) is 8.93. The Morgan fingerprint density at radius 1 is 1.34 bits per heavy atom. The molecule has 0 saturated heterocycles. The zero-order chi connectivity index (χ0) is 25.7. The molecule has 1 aromatic heterocycles. The van der Waals surface area contributed by atoms with Gasteiger partial charge in [-0.15, -0.1) is 6.58 Å². The molecule has 3 amide bonds. The minimum atomic E-state index is -4.91. The van der Waals surface area contributed by atoms with Crippen LogP contribution in [-0.2, 0) is 25.7 Å². The third kappa shape index (κ3) is 4.62. The molecule has 1 unspecified atom stereocenters. The number of alkyl halides is 3. The van der Waals surface area contributed by atoms with Crippen molar-refractivity contribution in [3.05, 3.63) is 59.2 Å². The van der Waals surface area contributed by atoms with E-state index in [-0.39, 0.29) is 43.2 Å². The Bertz CT molecular complexity index is 1180. The topological polar surface area (TPSA) is 90.7 Å². The number of urea groups is 1. The van der Waals surface area contributed by atoms with Crippen LogP contribution in [0.2, 0.25) is 0 Å². The molecule has 0 bridgehead atoms. The lowest BCUT2D eigenvalue weighted by Crippen LogP contribution is -2.45. The van der Waals surface area contributed by atoms with Gasteiger partial charge in [0.25, 0.3) is 5.91 Å². The van der Waals surface area contributed by atoms with Gasteiger partial charge in [-0.3, -0.25) is 9.48 Å². The van der Waals surface area contributed by atoms with Crippen LogP contribution in [0, 0.1) is 11.7 Å². The maximum atomic E-state index is 13.6. The average Bonchev–Trinajstić information content (AvgIpc) is 3.07. The fraction of sp³-hybridized carbons (Fsp3) is 0.435. The summed E-state index contributed by atoms with van der Waals surface area (Å²) >= 11 is 0. The van der Waals surface area contributed by atoms with Gasteiger partial charge < -0.3 is 20.2 Å². The zero-order valence-electron chi connectivity index (χ0n) is 19.1. The lowest BCUT2D eigenvalue weighted by molar-refractivity contribution is -0.139. The third-order valence-electron chi connectivity index (χ3n) is 6.46. The van der Waals surface area contributed by atoms with Crippen molar-refractivity contribution in [2.75, 3.05) is 18.9 Å². The average molecular weight is 495 g/mol. The van der Waals surface area contributed by atoms with Crippen LogP contribution in [0.3, 0.4) is 0 Å². The molecule has 0 fully saturated rings. The molecule has 0 radical (unpaired) electrons. The van der Waals surface area contributed by atoms with Crippen LogP contribution in [0.1, 0.15) is 34.2 Å². The lowest BCUT2D eigenvalue weighted by Gasteiger charge is -2.33. The largest absolute Gasteiger partial charge is 0.419 e. The number of nitrogens with zero attached hydrogens (tertiary/aromatic N) is 4. The SMILES string of the molecule is C=C[C@@H](O)C1CN(C)C(=O)c2c3c(nn2C1)C[C@@H](C)N(C(=O)Nc1ccc(F)c(C(F)(F)F)c1)C3. The predicted octanol–water partition coefficient (Wildman–Crippen LogP) is 3.27. The Balaban J connectivity index is 1.61. The Kier molecular flexibility index (Phi) is 6.34. The highest BCUT2D eigenvalue weighted by Gasteiger charge is 2.38. The first-order chi connectivity index (χ1) is 16.4. The third-order valence-corrected chi connectivity index (χ3v) is 6.46. The lowest BCUT2D eigenvalue weighted by atomic mass is 9.99. The number of anilines is 1. The number of fused-ring (bicyclic) bond motifs is 3. The number of carbonyl (C=O) groups excluding carboxylic acids is 2. The van der Waals surface area contributed by atoms with E-state index in [2.05, 4.69) is 17.0 Å². The van der Waals surface area contributed by atoms with Crippen molar-refractivity contribution in [1.82, 2.24) is 19.6 Å². The minimum absolute atomic E-state index is 0.0131. The van der Waals surface area contributed by atoms with E-state index < -0.39 is 29.7 Å². The molecule has 8 nitrogen and oxygen atoms in total. The molecule has 2 aliphatic rings. The normalized spacial score (nSPS) is 21.2. The second-order valence-electron chi connectivity index (χ2n) is 8.93. The van der Waals surface area contributed by atoms with Crippen molar-refractivity contribution in [2.45, 2.75) is 44.8 Å². The highest BCUT2D eigenvalue weighted by molar-refractivity contribution is 5.95. The first-order valence-corrected chi connectivity index (χ1v) is 11.0. The minimum Gasteiger partial charge on any atom is -0.389 e. The molecule has 4 rings (SSSR count). The van der Waals surface area contributed by atoms with Crippen molar-refractivity contribution in [3.63, 3.8) is 0 Å². The number of aliphatic hydroxyl groups excluding tert-OH is 1.